The Morgan fingerprint density at radius 3 is 2.56 bits per heavy atom. The monoisotopic (exact) mass is 361 g/mol. The molecule has 4 N–H and O–H groups in total. The number of guanidine groups is 1. The van der Waals surface area contributed by atoms with Crippen LogP contribution in [0.4, 0.5) is 0 Å². The highest BCUT2D eigenvalue weighted by atomic mass is 127. The first-order chi connectivity index (χ1) is 8.24. The van der Waals surface area contributed by atoms with Crippen molar-refractivity contribution in [2.45, 2.75) is 25.8 Å². The van der Waals surface area contributed by atoms with Crippen molar-refractivity contribution >= 4 is 29.9 Å². The Morgan fingerprint density at radius 1 is 1.33 bits per heavy atom. The highest BCUT2D eigenvalue weighted by molar-refractivity contribution is 14.0. The topological polar surface area (TPSA) is 70.6 Å². The van der Waals surface area contributed by atoms with Gasteiger partial charge in [0, 0.05) is 6.54 Å². The lowest BCUT2D eigenvalue weighted by atomic mass is 9.85. The molecular formula is C13H20IN3O. The second kappa shape index (κ2) is 7.45. The van der Waals surface area contributed by atoms with E-state index >= 15 is 0 Å². The molecule has 0 atom stereocenters. The van der Waals surface area contributed by atoms with Crippen molar-refractivity contribution in [3.8, 4) is 5.75 Å². The van der Waals surface area contributed by atoms with Gasteiger partial charge in [-0.1, -0.05) is 18.6 Å². The first-order valence-corrected chi connectivity index (χ1v) is 6.06. The number of hydrogen-bond acceptors (Lipinski definition) is 2. The normalized spacial score (nSPS) is 15.7. The maximum absolute atomic E-state index is 9.14. The maximum atomic E-state index is 9.14. The van der Waals surface area contributed by atoms with Gasteiger partial charge < -0.3 is 16.2 Å². The summed E-state index contributed by atoms with van der Waals surface area (Å²) in [6.07, 6.45) is 3.95. The zero-order chi connectivity index (χ0) is 12.1. The molecule has 0 bridgehead atoms. The molecule has 4 nitrogen and oxygen atoms in total. The van der Waals surface area contributed by atoms with E-state index in [0.717, 1.165) is 18.0 Å². The Hall–Kier alpha value is -0.980. The predicted octanol–water partition coefficient (Wildman–Crippen LogP) is 2.21. The molecule has 0 saturated heterocycles. The van der Waals surface area contributed by atoms with E-state index in [1.807, 2.05) is 12.1 Å². The number of rotatable bonds is 4. The van der Waals surface area contributed by atoms with E-state index < -0.39 is 0 Å². The third-order valence-corrected chi connectivity index (χ3v) is 3.16. The third kappa shape index (κ3) is 4.72. The summed E-state index contributed by atoms with van der Waals surface area (Å²) in [5, 5.41) is 12.3. The Labute approximate surface area is 125 Å². The molecule has 5 heteroatoms. The smallest absolute Gasteiger partial charge is 0.188 e. The van der Waals surface area contributed by atoms with E-state index in [9.17, 15) is 0 Å². The Balaban J connectivity index is 0.00000162. The van der Waals surface area contributed by atoms with Crippen molar-refractivity contribution in [2.75, 3.05) is 6.54 Å². The molecule has 1 aliphatic carbocycles. The first kappa shape index (κ1) is 15.1. The largest absolute Gasteiger partial charge is 0.508 e. The average molecular weight is 361 g/mol. The molecule has 1 fully saturated rings. The summed E-state index contributed by atoms with van der Waals surface area (Å²) in [6.45, 7) is 1.48. The van der Waals surface area contributed by atoms with Crippen LogP contribution in [0.15, 0.2) is 29.3 Å². The number of benzene rings is 1. The summed E-state index contributed by atoms with van der Waals surface area (Å²) in [6, 6.07) is 7.00. The van der Waals surface area contributed by atoms with Gasteiger partial charge in [0.1, 0.15) is 5.75 Å². The van der Waals surface area contributed by atoms with Crippen molar-refractivity contribution < 1.29 is 5.11 Å². The predicted molar refractivity (Wildman–Crippen MR) is 84.2 cm³/mol. The van der Waals surface area contributed by atoms with Crippen LogP contribution in [0.1, 0.15) is 24.8 Å². The Morgan fingerprint density at radius 2 is 2.00 bits per heavy atom. The van der Waals surface area contributed by atoms with Crippen LogP contribution in [0.3, 0.4) is 0 Å². The van der Waals surface area contributed by atoms with E-state index in [0.29, 0.717) is 12.5 Å². The van der Waals surface area contributed by atoms with Gasteiger partial charge in [-0.25, -0.2) is 4.99 Å². The number of halogens is 1. The zero-order valence-corrected chi connectivity index (χ0v) is 12.6. The van der Waals surface area contributed by atoms with Gasteiger partial charge in [-0.05, 0) is 36.5 Å². The van der Waals surface area contributed by atoms with Crippen molar-refractivity contribution in [1.82, 2.24) is 5.32 Å². The van der Waals surface area contributed by atoms with Crippen LogP contribution in [0.25, 0.3) is 0 Å². The van der Waals surface area contributed by atoms with Crippen LogP contribution in [0.5, 0.6) is 5.75 Å². The fourth-order valence-corrected chi connectivity index (χ4v) is 1.78. The third-order valence-electron chi connectivity index (χ3n) is 3.16. The number of aliphatic imine (C=N–C) groups is 1. The van der Waals surface area contributed by atoms with Crippen LogP contribution < -0.4 is 11.1 Å². The minimum atomic E-state index is 0. The van der Waals surface area contributed by atoms with Gasteiger partial charge in [0.15, 0.2) is 5.96 Å². The van der Waals surface area contributed by atoms with E-state index in [1.54, 1.807) is 12.1 Å². The number of aromatic hydroxyl groups is 1. The van der Waals surface area contributed by atoms with Gasteiger partial charge in [-0.15, -0.1) is 24.0 Å². The standard InChI is InChI=1S/C13H19N3O.HI/c14-13(15-8-10-2-1-3-10)16-9-11-4-6-12(17)7-5-11;/h4-7,10,17H,1-3,8-9H2,(H3,14,15,16);1H. The number of phenols is 1. The van der Waals surface area contributed by atoms with Crippen LogP contribution in [-0.4, -0.2) is 17.6 Å². The molecule has 0 aromatic heterocycles. The summed E-state index contributed by atoms with van der Waals surface area (Å²) in [7, 11) is 0. The van der Waals surface area contributed by atoms with Crippen molar-refractivity contribution in [3.05, 3.63) is 29.8 Å². The number of nitrogens with two attached hydrogens (primary N) is 1. The molecular weight excluding hydrogens is 341 g/mol. The van der Waals surface area contributed by atoms with Gasteiger partial charge >= 0.3 is 0 Å². The van der Waals surface area contributed by atoms with Crippen LogP contribution in [0, 0.1) is 5.92 Å². The molecule has 0 aliphatic heterocycles. The Bertz CT molecular complexity index is 388. The molecule has 0 spiro atoms. The van der Waals surface area contributed by atoms with Crippen LogP contribution in [0.2, 0.25) is 0 Å². The molecule has 100 valence electrons. The second-order valence-corrected chi connectivity index (χ2v) is 4.55. The lowest BCUT2D eigenvalue weighted by molar-refractivity contribution is 0.315. The van der Waals surface area contributed by atoms with E-state index in [-0.39, 0.29) is 29.7 Å². The van der Waals surface area contributed by atoms with Crippen LogP contribution in [-0.2, 0) is 6.54 Å². The Kier molecular flexibility index (Phi) is 6.24. The lowest BCUT2D eigenvalue weighted by Gasteiger charge is -2.25. The van der Waals surface area contributed by atoms with E-state index in [1.165, 1.54) is 19.3 Å². The molecule has 1 saturated carbocycles. The second-order valence-electron chi connectivity index (χ2n) is 4.55. The number of phenolic OH excluding ortho intramolecular Hbond substituents is 1. The molecule has 2 rings (SSSR count). The summed E-state index contributed by atoms with van der Waals surface area (Å²) >= 11 is 0. The minimum absolute atomic E-state index is 0. The van der Waals surface area contributed by atoms with E-state index in [4.69, 9.17) is 10.8 Å². The summed E-state index contributed by atoms with van der Waals surface area (Å²) in [4.78, 5) is 4.26. The van der Waals surface area contributed by atoms with Crippen molar-refractivity contribution in [1.29, 1.82) is 0 Å². The molecule has 1 aromatic rings. The lowest BCUT2D eigenvalue weighted by Crippen LogP contribution is -2.37. The fourth-order valence-electron chi connectivity index (χ4n) is 1.78. The quantitative estimate of drug-likeness (QED) is 0.438. The number of nitrogens with zero attached hydrogens (tertiary/aromatic N) is 1. The molecule has 0 unspecified atom stereocenters. The van der Waals surface area contributed by atoms with Gasteiger partial charge in [-0.3, -0.25) is 0 Å². The summed E-state index contributed by atoms with van der Waals surface area (Å²) in [5.41, 5.74) is 6.81. The molecule has 0 amide bonds. The van der Waals surface area contributed by atoms with E-state index in [2.05, 4.69) is 10.3 Å². The van der Waals surface area contributed by atoms with Gasteiger partial charge in [-0.2, -0.15) is 0 Å². The summed E-state index contributed by atoms with van der Waals surface area (Å²) in [5.74, 6) is 1.55. The molecule has 0 heterocycles. The van der Waals surface area contributed by atoms with Gasteiger partial charge in [0.2, 0.25) is 0 Å². The first-order valence-electron chi connectivity index (χ1n) is 6.06. The average Bonchev–Trinajstić information content (AvgIpc) is 2.26. The minimum Gasteiger partial charge on any atom is -0.508 e. The van der Waals surface area contributed by atoms with Gasteiger partial charge in [0.05, 0.1) is 6.54 Å². The highest BCUT2D eigenvalue weighted by Gasteiger charge is 2.16. The summed E-state index contributed by atoms with van der Waals surface area (Å²) < 4.78 is 0. The molecule has 1 aliphatic rings. The maximum Gasteiger partial charge on any atom is 0.188 e. The van der Waals surface area contributed by atoms with Gasteiger partial charge in [0.25, 0.3) is 0 Å². The van der Waals surface area contributed by atoms with Crippen molar-refractivity contribution in [2.24, 2.45) is 16.6 Å². The number of hydrogen-bond donors (Lipinski definition) is 3. The number of nitrogens with one attached hydrogen (secondary N) is 1. The molecule has 1 aromatic carbocycles. The molecule has 0 radical (unpaired) electrons. The highest BCUT2D eigenvalue weighted by Crippen LogP contribution is 2.24. The zero-order valence-electron chi connectivity index (χ0n) is 10.3. The van der Waals surface area contributed by atoms with Crippen molar-refractivity contribution in [3.63, 3.8) is 0 Å². The fraction of sp³-hybridized carbons (Fsp3) is 0.462. The van der Waals surface area contributed by atoms with Crippen LogP contribution >= 0.6 is 24.0 Å². The molecule has 18 heavy (non-hydrogen) atoms. The SMILES string of the molecule is I.NC(=NCc1ccc(O)cc1)NCC1CCC1.